The maximum Gasteiger partial charge on any atom is 0.233 e. The first kappa shape index (κ1) is 17.2. The highest BCUT2D eigenvalue weighted by Crippen LogP contribution is 2.31. The fraction of sp³-hybridized carbons (Fsp3) is 0.261. The van der Waals surface area contributed by atoms with E-state index in [4.69, 9.17) is 0 Å². The molecule has 3 aromatic carbocycles. The van der Waals surface area contributed by atoms with Crippen LogP contribution in [0.5, 0.6) is 0 Å². The number of benzene rings is 3. The van der Waals surface area contributed by atoms with Crippen LogP contribution in [0, 0.1) is 0 Å². The Morgan fingerprint density at radius 1 is 1.04 bits per heavy atom. The maximum atomic E-state index is 12.8. The lowest BCUT2D eigenvalue weighted by Gasteiger charge is -2.27. The van der Waals surface area contributed by atoms with E-state index in [1.165, 1.54) is 21.9 Å². The van der Waals surface area contributed by atoms with Gasteiger partial charge in [-0.25, -0.2) is 0 Å². The van der Waals surface area contributed by atoms with Gasteiger partial charge in [-0.15, -0.1) is 11.8 Å². The molecule has 0 heterocycles. The van der Waals surface area contributed by atoms with Crippen molar-refractivity contribution in [2.24, 2.45) is 0 Å². The van der Waals surface area contributed by atoms with Crippen molar-refractivity contribution in [3.05, 3.63) is 77.9 Å². The van der Waals surface area contributed by atoms with Crippen LogP contribution in [0.15, 0.2) is 71.6 Å². The van der Waals surface area contributed by atoms with Crippen LogP contribution in [0.4, 0.5) is 0 Å². The first-order chi connectivity index (χ1) is 12.7. The van der Waals surface area contributed by atoms with Crippen LogP contribution in [-0.2, 0) is 11.2 Å². The number of rotatable bonds is 4. The van der Waals surface area contributed by atoms with Crippen molar-refractivity contribution in [3.63, 3.8) is 0 Å². The highest BCUT2D eigenvalue weighted by Gasteiger charge is 2.24. The third-order valence-corrected chi connectivity index (χ3v) is 6.18. The average molecular weight is 362 g/mol. The second-order valence-corrected chi connectivity index (χ2v) is 8.34. The van der Waals surface area contributed by atoms with Gasteiger partial charge in [0.25, 0.3) is 0 Å². The Morgan fingerprint density at radius 3 is 2.69 bits per heavy atom. The van der Waals surface area contributed by atoms with Gasteiger partial charge in [0.1, 0.15) is 0 Å². The molecule has 4 rings (SSSR count). The number of carbonyl (C=O) groups is 1. The van der Waals surface area contributed by atoms with E-state index in [0.29, 0.717) is 0 Å². The molecule has 2 nitrogen and oxygen atoms in total. The van der Waals surface area contributed by atoms with Gasteiger partial charge in [0.15, 0.2) is 0 Å². The van der Waals surface area contributed by atoms with Crippen molar-refractivity contribution >= 4 is 28.4 Å². The molecular formula is C23H23NOS. The summed E-state index contributed by atoms with van der Waals surface area (Å²) in [7, 11) is 0. The summed E-state index contributed by atoms with van der Waals surface area (Å²) in [5.74, 6) is 0.116. The molecule has 0 saturated heterocycles. The summed E-state index contributed by atoms with van der Waals surface area (Å²) in [6.07, 6.45) is 3.27. The van der Waals surface area contributed by atoms with Crippen molar-refractivity contribution in [3.8, 4) is 0 Å². The minimum atomic E-state index is -0.120. The van der Waals surface area contributed by atoms with E-state index in [9.17, 15) is 4.79 Å². The van der Waals surface area contributed by atoms with Crippen LogP contribution in [0.25, 0.3) is 10.8 Å². The zero-order chi connectivity index (χ0) is 17.9. The lowest BCUT2D eigenvalue weighted by atomic mass is 9.88. The third-order valence-electron chi connectivity index (χ3n) is 5.09. The Kier molecular flexibility index (Phi) is 4.98. The third kappa shape index (κ3) is 3.63. The molecule has 26 heavy (non-hydrogen) atoms. The minimum absolute atomic E-state index is 0.116. The predicted molar refractivity (Wildman–Crippen MR) is 110 cm³/mol. The summed E-state index contributed by atoms with van der Waals surface area (Å²) in [6.45, 7) is 1.99. The highest BCUT2D eigenvalue weighted by molar-refractivity contribution is 8.00. The molecule has 3 heteroatoms. The second kappa shape index (κ2) is 7.55. The maximum absolute atomic E-state index is 12.8. The van der Waals surface area contributed by atoms with Gasteiger partial charge in [0, 0.05) is 4.90 Å². The second-order valence-electron chi connectivity index (χ2n) is 6.92. The van der Waals surface area contributed by atoms with Crippen molar-refractivity contribution in [2.75, 3.05) is 0 Å². The van der Waals surface area contributed by atoms with Crippen LogP contribution in [0.2, 0.25) is 0 Å². The van der Waals surface area contributed by atoms with E-state index in [-0.39, 0.29) is 17.2 Å². The zero-order valence-corrected chi connectivity index (χ0v) is 15.8. The Morgan fingerprint density at radius 2 is 1.81 bits per heavy atom. The predicted octanol–water partition coefficient (Wildman–Crippen LogP) is 5.51. The topological polar surface area (TPSA) is 29.1 Å². The number of hydrogen-bond donors (Lipinski definition) is 1. The Hall–Kier alpha value is -2.26. The van der Waals surface area contributed by atoms with Crippen LogP contribution in [0.1, 0.15) is 36.9 Å². The molecule has 1 amide bonds. The molecule has 132 valence electrons. The van der Waals surface area contributed by atoms with Crippen LogP contribution in [-0.4, -0.2) is 11.2 Å². The standard InChI is InChI=1S/C23H23NOS/c1-16(26-20-14-13-17-7-2-3-9-19(17)15-20)23(25)24-22-12-6-10-18-8-4-5-11-21(18)22/h2-5,7-9,11,13-16,22H,6,10,12H2,1H3,(H,24,25)/t16-,22+/m0/s1. The number of fused-ring (bicyclic) bond motifs is 2. The SMILES string of the molecule is C[C@H](Sc1ccc2ccccc2c1)C(=O)N[C@@H]1CCCc2ccccc21. The number of carbonyl (C=O) groups excluding carboxylic acids is 1. The Labute approximate surface area is 159 Å². The van der Waals surface area contributed by atoms with Crippen molar-refractivity contribution < 1.29 is 4.79 Å². The fourth-order valence-electron chi connectivity index (χ4n) is 3.69. The molecule has 0 fully saturated rings. The number of thioether (sulfide) groups is 1. The lowest BCUT2D eigenvalue weighted by molar-refractivity contribution is -0.121. The van der Waals surface area contributed by atoms with Gasteiger partial charge in [0.05, 0.1) is 11.3 Å². The molecule has 1 aliphatic rings. The summed E-state index contributed by atoms with van der Waals surface area (Å²) in [5, 5.41) is 5.60. The Bertz CT molecular complexity index is 936. The first-order valence-electron chi connectivity index (χ1n) is 9.24. The van der Waals surface area contributed by atoms with E-state index in [2.05, 4.69) is 59.9 Å². The molecule has 0 aromatic heterocycles. The minimum Gasteiger partial charge on any atom is -0.348 e. The number of aryl methyl sites for hydroxylation is 1. The molecule has 0 saturated carbocycles. The van der Waals surface area contributed by atoms with E-state index in [1.807, 2.05) is 19.1 Å². The van der Waals surface area contributed by atoms with Gasteiger partial charge in [-0.1, -0.05) is 54.6 Å². The molecule has 1 aliphatic carbocycles. The van der Waals surface area contributed by atoms with Gasteiger partial charge >= 0.3 is 0 Å². The zero-order valence-electron chi connectivity index (χ0n) is 14.9. The molecule has 1 N–H and O–H groups in total. The summed E-state index contributed by atoms with van der Waals surface area (Å²) in [6, 6.07) is 23.3. The van der Waals surface area contributed by atoms with Gasteiger partial charge in [-0.3, -0.25) is 4.79 Å². The van der Waals surface area contributed by atoms with Crippen molar-refractivity contribution in [1.82, 2.24) is 5.32 Å². The molecule has 3 aromatic rings. The quantitative estimate of drug-likeness (QED) is 0.620. The van der Waals surface area contributed by atoms with Crippen LogP contribution < -0.4 is 5.32 Å². The van der Waals surface area contributed by atoms with Crippen molar-refractivity contribution in [1.29, 1.82) is 0 Å². The molecule has 0 unspecified atom stereocenters. The van der Waals surface area contributed by atoms with Gasteiger partial charge in [-0.2, -0.15) is 0 Å². The molecule has 0 spiro atoms. The highest BCUT2D eigenvalue weighted by atomic mass is 32.2. The average Bonchev–Trinajstić information content (AvgIpc) is 2.68. The van der Waals surface area contributed by atoms with Crippen LogP contribution >= 0.6 is 11.8 Å². The van der Waals surface area contributed by atoms with Crippen molar-refractivity contribution in [2.45, 2.75) is 42.4 Å². The molecule has 0 bridgehead atoms. The first-order valence-corrected chi connectivity index (χ1v) is 10.1. The summed E-state index contributed by atoms with van der Waals surface area (Å²) in [5.41, 5.74) is 2.66. The molecule has 0 aliphatic heterocycles. The number of amides is 1. The summed E-state index contributed by atoms with van der Waals surface area (Å²) in [4.78, 5) is 13.9. The Balaban J connectivity index is 1.45. The van der Waals surface area contributed by atoms with E-state index < -0.39 is 0 Å². The smallest absolute Gasteiger partial charge is 0.233 e. The molecular weight excluding hydrogens is 338 g/mol. The number of nitrogens with one attached hydrogen (secondary N) is 1. The van der Waals surface area contributed by atoms with Gasteiger partial charge in [0.2, 0.25) is 5.91 Å². The van der Waals surface area contributed by atoms with E-state index >= 15 is 0 Å². The van der Waals surface area contributed by atoms with E-state index in [1.54, 1.807) is 11.8 Å². The normalized spacial score (nSPS) is 17.5. The van der Waals surface area contributed by atoms with Crippen LogP contribution in [0.3, 0.4) is 0 Å². The largest absolute Gasteiger partial charge is 0.348 e. The monoisotopic (exact) mass is 361 g/mol. The van der Waals surface area contributed by atoms with E-state index in [0.717, 1.165) is 24.2 Å². The summed E-state index contributed by atoms with van der Waals surface area (Å²) < 4.78 is 0. The number of hydrogen-bond acceptors (Lipinski definition) is 2. The van der Waals surface area contributed by atoms with Gasteiger partial charge < -0.3 is 5.32 Å². The lowest BCUT2D eigenvalue weighted by Crippen LogP contribution is -2.35. The van der Waals surface area contributed by atoms with Gasteiger partial charge in [-0.05, 0) is 60.2 Å². The molecule has 2 atom stereocenters. The fourth-order valence-corrected chi connectivity index (χ4v) is 4.62. The summed E-state index contributed by atoms with van der Waals surface area (Å²) >= 11 is 1.62. The molecule has 0 radical (unpaired) electrons.